The number of esters is 1. The average molecular weight is 405 g/mol. The van der Waals surface area contributed by atoms with Gasteiger partial charge in [-0.2, -0.15) is 18.4 Å². The van der Waals surface area contributed by atoms with Gasteiger partial charge in [-0.05, 0) is 25.1 Å². The van der Waals surface area contributed by atoms with E-state index in [0.29, 0.717) is 6.07 Å². The molecule has 12 heteroatoms. The number of anilines is 1. The van der Waals surface area contributed by atoms with Gasteiger partial charge in [0.2, 0.25) is 0 Å². The zero-order valence-electron chi connectivity index (χ0n) is 13.0. The fraction of sp³-hybridized carbons (Fsp3) is 0.214. The van der Waals surface area contributed by atoms with Gasteiger partial charge in [0.25, 0.3) is 10.0 Å². The Balaban J connectivity index is 2.44. The highest BCUT2D eigenvalue weighted by Crippen LogP contribution is 2.40. The van der Waals surface area contributed by atoms with Gasteiger partial charge in [0.05, 0.1) is 12.2 Å². The molecule has 0 aliphatic rings. The number of pyridine rings is 1. The van der Waals surface area contributed by atoms with Gasteiger partial charge in [-0.15, -0.1) is 11.3 Å². The Bertz CT molecular complexity index is 961. The second kappa shape index (κ2) is 7.30. The summed E-state index contributed by atoms with van der Waals surface area (Å²) >= 11 is 0.0610. The molecule has 7 nitrogen and oxygen atoms in total. The zero-order valence-corrected chi connectivity index (χ0v) is 14.6. The maximum atomic E-state index is 12.9. The van der Waals surface area contributed by atoms with E-state index in [-0.39, 0.29) is 28.5 Å². The molecule has 0 saturated heterocycles. The molecule has 2 aromatic rings. The molecule has 0 bridgehead atoms. The first-order chi connectivity index (χ1) is 12.1. The maximum Gasteiger partial charge on any atom is 0.425 e. The molecule has 2 rings (SSSR count). The van der Waals surface area contributed by atoms with Crippen LogP contribution in [0.5, 0.6) is 0 Å². The smallest absolute Gasteiger partial charge is 0.425 e. The second-order valence-electron chi connectivity index (χ2n) is 4.67. The standard InChI is InChI=1S/C14H10F3N3O4S2/c1-2-24-13(21)10-5-11(14(15,16)17)25-12(10)20-26(22,23)9-4-3-8(6-18)19-7-9/h3-5,7,20H,2H2,1H3. The lowest BCUT2D eigenvalue weighted by atomic mass is 10.3. The van der Waals surface area contributed by atoms with E-state index in [1.807, 2.05) is 4.72 Å². The fourth-order valence-corrected chi connectivity index (χ4v) is 3.92. The molecule has 0 amide bonds. The van der Waals surface area contributed by atoms with Crippen LogP contribution in [0.3, 0.4) is 0 Å². The molecular weight excluding hydrogens is 395 g/mol. The van der Waals surface area contributed by atoms with Gasteiger partial charge in [0.15, 0.2) is 0 Å². The van der Waals surface area contributed by atoms with Crippen LogP contribution in [-0.2, 0) is 20.9 Å². The monoisotopic (exact) mass is 405 g/mol. The van der Waals surface area contributed by atoms with Gasteiger partial charge in [0.1, 0.15) is 26.5 Å². The van der Waals surface area contributed by atoms with E-state index in [9.17, 15) is 26.4 Å². The van der Waals surface area contributed by atoms with E-state index < -0.39 is 37.6 Å². The van der Waals surface area contributed by atoms with Gasteiger partial charge in [-0.3, -0.25) is 4.72 Å². The second-order valence-corrected chi connectivity index (χ2v) is 7.40. The number of carbonyl (C=O) groups is 1. The number of thiophene rings is 1. The molecule has 0 radical (unpaired) electrons. The molecule has 0 aromatic carbocycles. The van der Waals surface area contributed by atoms with E-state index in [0.717, 1.165) is 18.3 Å². The largest absolute Gasteiger partial charge is 0.462 e. The molecule has 0 aliphatic heterocycles. The number of nitrogens with zero attached hydrogens (tertiary/aromatic N) is 2. The summed E-state index contributed by atoms with van der Waals surface area (Å²) in [5.74, 6) is -1.09. The molecule has 2 aromatic heterocycles. The highest BCUT2D eigenvalue weighted by atomic mass is 32.2. The highest BCUT2D eigenvalue weighted by molar-refractivity contribution is 7.93. The summed E-state index contributed by atoms with van der Waals surface area (Å²) in [5.41, 5.74) is -0.582. The number of alkyl halides is 3. The summed E-state index contributed by atoms with van der Waals surface area (Å²) in [6.07, 6.45) is -3.88. The number of hydrogen-bond donors (Lipinski definition) is 1. The van der Waals surface area contributed by atoms with Crippen molar-refractivity contribution in [3.05, 3.63) is 40.5 Å². The first kappa shape index (κ1) is 19.7. The third-order valence-corrected chi connectivity index (χ3v) is 5.45. The van der Waals surface area contributed by atoms with Crippen molar-refractivity contribution < 1.29 is 31.1 Å². The Morgan fingerprint density at radius 2 is 2.12 bits per heavy atom. The lowest BCUT2D eigenvalue weighted by Crippen LogP contribution is -2.15. The highest BCUT2D eigenvalue weighted by Gasteiger charge is 2.36. The molecule has 0 fully saturated rings. The first-order valence-corrected chi connectivity index (χ1v) is 9.15. The van der Waals surface area contributed by atoms with Crippen LogP contribution in [-0.4, -0.2) is 26.0 Å². The van der Waals surface area contributed by atoms with Crippen molar-refractivity contribution in [3.8, 4) is 6.07 Å². The van der Waals surface area contributed by atoms with Gasteiger partial charge in [-0.25, -0.2) is 18.2 Å². The molecule has 26 heavy (non-hydrogen) atoms. The lowest BCUT2D eigenvalue weighted by molar-refractivity contribution is -0.134. The maximum absolute atomic E-state index is 12.9. The number of carbonyl (C=O) groups excluding carboxylic acids is 1. The average Bonchev–Trinajstić information content (AvgIpc) is 2.98. The number of hydrogen-bond acceptors (Lipinski definition) is 7. The Kier molecular flexibility index (Phi) is 5.53. The van der Waals surface area contributed by atoms with Gasteiger partial charge in [0, 0.05) is 6.20 Å². The van der Waals surface area contributed by atoms with E-state index in [4.69, 9.17) is 5.26 Å². The summed E-state index contributed by atoms with van der Waals surface area (Å²) in [5, 5.41) is 8.13. The quantitative estimate of drug-likeness (QED) is 0.766. The Hall–Kier alpha value is -2.65. The van der Waals surface area contributed by atoms with Crippen molar-refractivity contribution >= 4 is 32.3 Å². The minimum atomic E-state index is -4.76. The molecule has 0 unspecified atom stereocenters. The third-order valence-electron chi connectivity index (χ3n) is 2.90. The third kappa shape index (κ3) is 4.30. The van der Waals surface area contributed by atoms with Crippen LogP contribution < -0.4 is 4.72 Å². The normalized spacial score (nSPS) is 11.7. The number of rotatable bonds is 5. The molecule has 138 valence electrons. The number of sulfonamides is 1. The summed E-state index contributed by atoms with van der Waals surface area (Å²) < 4.78 is 70.0. The molecule has 0 aliphatic carbocycles. The van der Waals surface area contributed by atoms with Crippen LogP contribution in [0.4, 0.5) is 18.2 Å². The number of ether oxygens (including phenoxy) is 1. The Morgan fingerprint density at radius 3 is 2.62 bits per heavy atom. The summed E-state index contributed by atoms with van der Waals surface area (Å²) in [7, 11) is -4.33. The molecule has 1 N–H and O–H groups in total. The SMILES string of the molecule is CCOC(=O)c1cc(C(F)(F)F)sc1NS(=O)(=O)c1ccc(C#N)nc1. The van der Waals surface area contributed by atoms with E-state index in [1.54, 1.807) is 6.07 Å². The summed E-state index contributed by atoms with van der Waals surface area (Å²) in [6.45, 7) is 1.36. The first-order valence-electron chi connectivity index (χ1n) is 6.85. The van der Waals surface area contributed by atoms with Crippen LogP contribution in [0, 0.1) is 11.3 Å². The van der Waals surface area contributed by atoms with Crippen molar-refractivity contribution in [2.24, 2.45) is 0 Å². The molecular formula is C14H10F3N3O4S2. The predicted molar refractivity (Wildman–Crippen MR) is 85.0 cm³/mol. The predicted octanol–water partition coefficient (Wildman–Crippen LogP) is 3.01. The zero-order chi connectivity index (χ0) is 19.5. The molecule has 2 heterocycles. The van der Waals surface area contributed by atoms with Crippen molar-refractivity contribution in [2.75, 3.05) is 11.3 Å². The molecule has 0 spiro atoms. The summed E-state index contributed by atoms with van der Waals surface area (Å²) in [4.78, 5) is 13.9. The van der Waals surface area contributed by atoms with Crippen molar-refractivity contribution in [2.45, 2.75) is 18.0 Å². The number of halogens is 3. The van der Waals surface area contributed by atoms with Gasteiger partial charge < -0.3 is 4.74 Å². The topological polar surface area (TPSA) is 109 Å². The van der Waals surface area contributed by atoms with Crippen LogP contribution in [0.1, 0.15) is 27.9 Å². The minimum Gasteiger partial charge on any atom is -0.462 e. The van der Waals surface area contributed by atoms with E-state index >= 15 is 0 Å². The van der Waals surface area contributed by atoms with Crippen molar-refractivity contribution in [1.29, 1.82) is 5.26 Å². The van der Waals surface area contributed by atoms with E-state index in [1.165, 1.54) is 6.92 Å². The summed E-state index contributed by atoms with van der Waals surface area (Å²) in [6, 6.07) is 4.43. The van der Waals surface area contributed by atoms with E-state index in [2.05, 4.69) is 9.72 Å². The number of nitrogens with one attached hydrogen (secondary N) is 1. The Morgan fingerprint density at radius 1 is 1.42 bits per heavy atom. The molecule has 0 atom stereocenters. The van der Waals surface area contributed by atoms with Crippen molar-refractivity contribution in [3.63, 3.8) is 0 Å². The Labute approximate surface area is 150 Å². The fourth-order valence-electron chi connectivity index (χ4n) is 1.75. The number of aromatic nitrogens is 1. The van der Waals surface area contributed by atoms with Gasteiger partial charge in [-0.1, -0.05) is 0 Å². The molecule has 0 saturated carbocycles. The van der Waals surface area contributed by atoms with Crippen LogP contribution in [0.2, 0.25) is 0 Å². The van der Waals surface area contributed by atoms with Gasteiger partial charge >= 0.3 is 12.1 Å². The van der Waals surface area contributed by atoms with Crippen molar-refractivity contribution in [1.82, 2.24) is 4.98 Å². The minimum absolute atomic E-state index is 0.0355. The van der Waals surface area contributed by atoms with Crippen LogP contribution >= 0.6 is 11.3 Å². The van der Waals surface area contributed by atoms with Crippen LogP contribution in [0.15, 0.2) is 29.3 Å². The van der Waals surface area contributed by atoms with Crippen LogP contribution in [0.25, 0.3) is 0 Å². The number of nitriles is 1. The lowest BCUT2D eigenvalue weighted by Gasteiger charge is -2.08.